The Morgan fingerprint density at radius 1 is 1.00 bits per heavy atom. The molecule has 0 aliphatic heterocycles. The number of hydrogen-bond acceptors (Lipinski definition) is 5. The fourth-order valence-corrected chi connectivity index (χ4v) is 4.04. The van der Waals surface area contributed by atoms with Crippen molar-refractivity contribution >= 4 is 44.9 Å². The first kappa shape index (κ1) is 18.6. The largest absolute Gasteiger partial charge is 0.397 e. The van der Waals surface area contributed by atoms with Crippen LogP contribution in [0.1, 0.15) is 5.56 Å². The number of thiophene rings is 1. The number of benzene rings is 3. The summed E-state index contributed by atoms with van der Waals surface area (Å²) in [6.45, 7) is 0.263. The van der Waals surface area contributed by atoms with Crippen LogP contribution >= 0.6 is 11.3 Å². The van der Waals surface area contributed by atoms with Crippen molar-refractivity contribution in [1.82, 2.24) is 0 Å². The molecular weight excluding hydrogens is 386 g/mol. The zero-order valence-electron chi connectivity index (χ0n) is 15.3. The van der Waals surface area contributed by atoms with Crippen molar-refractivity contribution in [2.45, 2.75) is 6.54 Å². The van der Waals surface area contributed by atoms with Gasteiger partial charge >= 0.3 is 0 Å². The average molecular weight is 403 g/mol. The maximum Gasteiger partial charge on any atom is 0.271 e. The number of anilines is 2. The van der Waals surface area contributed by atoms with E-state index in [0.717, 1.165) is 16.7 Å². The highest BCUT2D eigenvalue weighted by Gasteiger charge is 2.15. The number of carbonyl (C=O) groups is 1. The van der Waals surface area contributed by atoms with Gasteiger partial charge in [0.15, 0.2) is 0 Å². The van der Waals surface area contributed by atoms with Crippen LogP contribution in [-0.2, 0) is 11.3 Å². The molecule has 0 radical (unpaired) electrons. The van der Waals surface area contributed by atoms with Crippen molar-refractivity contribution in [3.63, 3.8) is 0 Å². The molecule has 144 valence electrons. The summed E-state index contributed by atoms with van der Waals surface area (Å²) in [6.07, 6.45) is 0.633. The van der Waals surface area contributed by atoms with Gasteiger partial charge in [0.25, 0.3) is 5.69 Å². The van der Waals surface area contributed by atoms with E-state index in [4.69, 9.17) is 5.73 Å². The van der Waals surface area contributed by atoms with Crippen LogP contribution in [0.2, 0.25) is 0 Å². The Balaban J connectivity index is 1.58. The summed E-state index contributed by atoms with van der Waals surface area (Å²) in [7, 11) is 0. The number of rotatable bonds is 6. The smallest absolute Gasteiger partial charge is 0.271 e. The molecule has 1 aromatic heterocycles. The third-order valence-electron chi connectivity index (χ3n) is 4.76. The lowest BCUT2D eigenvalue weighted by molar-refractivity contribution is -0.384. The number of hydrogen-bond donors (Lipinski definition) is 1. The van der Waals surface area contributed by atoms with E-state index in [1.807, 2.05) is 24.3 Å². The third-order valence-corrected chi connectivity index (χ3v) is 5.64. The number of nitrogens with zero attached hydrogens (tertiary/aromatic N) is 2. The lowest BCUT2D eigenvalue weighted by atomic mass is 10.0. The van der Waals surface area contributed by atoms with Crippen LogP contribution < -0.4 is 10.6 Å². The lowest BCUT2D eigenvalue weighted by Crippen LogP contribution is -2.21. The van der Waals surface area contributed by atoms with Crippen LogP contribution in [0.15, 0.2) is 72.1 Å². The quantitative estimate of drug-likeness (QED) is 0.207. The molecule has 6 nitrogen and oxygen atoms in total. The summed E-state index contributed by atoms with van der Waals surface area (Å²) in [4.78, 5) is 23.5. The highest BCUT2D eigenvalue weighted by Crippen LogP contribution is 2.30. The van der Waals surface area contributed by atoms with Gasteiger partial charge in [-0.25, -0.2) is 0 Å². The molecule has 2 N–H and O–H groups in total. The molecule has 0 saturated carbocycles. The predicted octanol–water partition coefficient (Wildman–Crippen LogP) is 5.22. The molecule has 1 amide bonds. The number of nitrogens with two attached hydrogens (primary N) is 1. The fourth-order valence-electron chi connectivity index (χ4n) is 3.21. The van der Waals surface area contributed by atoms with Gasteiger partial charge in [0.2, 0.25) is 6.41 Å². The number of non-ortho nitro benzene ring substituents is 1. The van der Waals surface area contributed by atoms with Gasteiger partial charge in [0.1, 0.15) is 0 Å². The van der Waals surface area contributed by atoms with E-state index in [2.05, 4.69) is 29.6 Å². The average Bonchev–Trinajstić information content (AvgIpc) is 3.21. The van der Waals surface area contributed by atoms with E-state index in [9.17, 15) is 14.9 Å². The van der Waals surface area contributed by atoms with Crippen molar-refractivity contribution in [1.29, 1.82) is 0 Å². The molecule has 3 aromatic carbocycles. The molecule has 0 bridgehead atoms. The minimum absolute atomic E-state index is 0.111. The Morgan fingerprint density at radius 3 is 2.48 bits per heavy atom. The molecule has 4 aromatic rings. The van der Waals surface area contributed by atoms with Crippen LogP contribution in [-0.4, -0.2) is 11.3 Å². The molecular formula is C22H17N3O3S. The summed E-state index contributed by atoms with van der Waals surface area (Å²) >= 11 is 1.71. The maximum atomic E-state index is 11.6. The predicted molar refractivity (Wildman–Crippen MR) is 117 cm³/mol. The van der Waals surface area contributed by atoms with Crippen LogP contribution in [0.3, 0.4) is 0 Å². The number of amides is 1. The summed E-state index contributed by atoms with van der Waals surface area (Å²) in [5.41, 5.74) is 9.55. The summed E-state index contributed by atoms with van der Waals surface area (Å²) in [5.74, 6) is 0. The Morgan fingerprint density at radius 2 is 1.76 bits per heavy atom. The second-order valence-corrected chi connectivity index (χ2v) is 7.55. The van der Waals surface area contributed by atoms with Crippen LogP contribution in [0, 0.1) is 10.1 Å². The lowest BCUT2D eigenvalue weighted by Gasteiger charge is -2.19. The van der Waals surface area contributed by atoms with E-state index in [0.29, 0.717) is 17.8 Å². The summed E-state index contributed by atoms with van der Waals surface area (Å²) in [6, 6.07) is 20.4. The minimum Gasteiger partial charge on any atom is -0.397 e. The number of nitro benzene ring substituents is 1. The van der Waals surface area contributed by atoms with Crippen molar-refractivity contribution < 1.29 is 9.72 Å². The Labute approximate surface area is 171 Å². The SMILES string of the molecule is Nc1ccc([N+](=O)[O-])cc1N(C=O)Cc1ccc(-c2ccc3ccsc3c2)cc1. The zero-order chi connectivity index (χ0) is 20.4. The molecule has 0 aliphatic rings. The highest BCUT2D eigenvalue weighted by atomic mass is 32.1. The van der Waals surface area contributed by atoms with Crippen molar-refractivity contribution in [3.05, 3.63) is 87.8 Å². The van der Waals surface area contributed by atoms with E-state index in [1.54, 1.807) is 11.3 Å². The molecule has 7 heteroatoms. The Kier molecular flexibility index (Phi) is 4.97. The molecule has 0 fully saturated rings. The minimum atomic E-state index is -0.509. The van der Waals surface area contributed by atoms with E-state index in [-0.39, 0.29) is 12.2 Å². The van der Waals surface area contributed by atoms with Gasteiger partial charge in [-0.3, -0.25) is 14.9 Å². The second kappa shape index (κ2) is 7.73. The number of nitro groups is 1. The van der Waals surface area contributed by atoms with Gasteiger partial charge in [-0.15, -0.1) is 11.3 Å². The molecule has 0 aliphatic carbocycles. The van der Waals surface area contributed by atoms with Gasteiger partial charge in [-0.05, 0) is 45.7 Å². The molecule has 0 unspecified atom stereocenters. The van der Waals surface area contributed by atoms with Gasteiger partial charge in [-0.2, -0.15) is 0 Å². The normalized spacial score (nSPS) is 10.8. The van der Waals surface area contributed by atoms with Crippen LogP contribution in [0.5, 0.6) is 0 Å². The van der Waals surface area contributed by atoms with E-state index >= 15 is 0 Å². The number of nitrogen functional groups attached to an aromatic ring is 1. The zero-order valence-corrected chi connectivity index (χ0v) is 16.1. The van der Waals surface area contributed by atoms with Gasteiger partial charge < -0.3 is 10.6 Å². The maximum absolute atomic E-state index is 11.6. The summed E-state index contributed by atoms with van der Waals surface area (Å²) in [5, 5.41) is 14.3. The standard InChI is InChI=1S/C22H17N3O3S/c23-20-8-7-19(25(27)28)12-21(20)24(14-26)13-15-1-3-16(4-2-15)18-6-5-17-9-10-29-22(17)11-18/h1-12,14H,13,23H2. The van der Waals surface area contributed by atoms with Crippen molar-refractivity contribution in [2.24, 2.45) is 0 Å². The van der Waals surface area contributed by atoms with Crippen molar-refractivity contribution in [3.8, 4) is 11.1 Å². The van der Waals surface area contributed by atoms with Crippen LogP contribution in [0.4, 0.5) is 17.1 Å². The molecule has 29 heavy (non-hydrogen) atoms. The Hall–Kier alpha value is -3.71. The van der Waals surface area contributed by atoms with Gasteiger partial charge in [-0.1, -0.05) is 36.4 Å². The van der Waals surface area contributed by atoms with Crippen molar-refractivity contribution in [2.75, 3.05) is 10.6 Å². The third kappa shape index (κ3) is 3.81. The topological polar surface area (TPSA) is 89.5 Å². The Bertz CT molecular complexity index is 1200. The fraction of sp³-hybridized carbons (Fsp3) is 0.0455. The molecule has 4 rings (SSSR count). The van der Waals surface area contributed by atoms with Crippen LogP contribution in [0.25, 0.3) is 21.2 Å². The van der Waals surface area contributed by atoms with Gasteiger partial charge in [0.05, 0.1) is 22.8 Å². The molecule has 0 spiro atoms. The first-order valence-corrected chi connectivity index (χ1v) is 9.75. The second-order valence-electron chi connectivity index (χ2n) is 6.60. The summed E-state index contributed by atoms with van der Waals surface area (Å²) < 4.78 is 1.24. The molecule has 0 atom stereocenters. The van der Waals surface area contributed by atoms with Gasteiger partial charge in [0, 0.05) is 16.8 Å². The molecule has 1 heterocycles. The first-order valence-electron chi connectivity index (χ1n) is 8.87. The highest BCUT2D eigenvalue weighted by molar-refractivity contribution is 7.17. The first-order chi connectivity index (χ1) is 14.0. The number of carbonyl (C=O) groups excluding carboxylic acids is 1. The van der Waals surface area contributed by atoms with E-state index in [1.165, 1.54) is 33.2 Å². The molecule has 0 saturated heterocycles. The monoisotopic (exact) mass is 403 g/mol. The number of fused-ring (bicyclic) bond motifs is 1. The van der Waals surface area contributed by atoms with E-state index < -0.39 is 4.92 Å².